The molecule has 2 aromatic carbocycles. The van der Waals surface area contributed by atoms with Crippen molar-refractivity contribution in [3.63, 3.8) is 0 Å². The van der Waals surface area contributed by atoms with Crippen LogP contribution in [0, 0.1) is 0 Å². The lowest BCUT2D eigenvalue weighted by atomic mass is 9.99. The largest absolute Gasteiger partial charge is 0.497 e. The topological polar surface area (TPSA) is 130 Å². The molecule has 0 amide bonds. The quantitative estimate of drug-likeness (QED) is 0.330. The van der Waals surface area contributed by atoms with Gasteiger partial charge in [0.05, 0.1) is 19.4 Å². The molecule has 3 aromatic rings. The Hall–Kier alpha value is -3.15. The number of rotatable bonds is 9. The van der Waals surface area contributed by atoms with Crippen LogP contribution in [0.2, 0.25) is 0 Å². The van der Waals surface area contributed by atoms with E-state index in [1.807, 2.05) is 86.1 Å². The van der Waals surface area contributed by atoms with Crippen LogP contribution < -0.4 is 14.4 Å². The SMILES string of the molecule is COc1ccc(Cc2c(O[C@@H]3O[C@H](CO)[C@@H](O)[C@H](O)[C@H]3O)nn(C(C)C)c2-c2ccc(N(C)C)cc2)cc1. The van der Waals surface area contributed by atoms with Crippen molar-refractivity contribution in [1.29, 1.82) is 0 Å². The zero-order valence-electron chi connectivity index (χ0n) is 22.4. The number of methoxy groups -OCH3 is 1. The van der Waals surface area contributed by atoms with E-state index in [4.69, 9.17) is 19.3 Å². The van der Waals surface area contributed by atoms with E-state index < -0.39 is 37.3 Å². The highest BCUT2D eigenvalue weighted by molar-refractivity contribution is 5.69. The molecular formula is C28H37N3O7. The molecule has 1 aliphatic rings. The Morgan fingerprint density at radius 2 is 1.63 bits per heavy atom. The van der Waals surface area contributed by atoms with E-state index in [2.05, 4.69) is 0 Å². The van der Waals surface area contributed by atoms with Gasteiger partial charge in [0.15, 0.2) is 0 Å². The summed E-state index contributed by atoms with van der Waals surface area (Å²) in [6, 6.07) is 15.8. The summed E-state index contributed by atoms with van der Waals surface area (Å²) < 4.78 is 18.9. The van der Waals surface area contributed by atoms with Crippen molar-refractivity contribution in [3.05, 3.63) is 59.7 Å². The van der Waals surface area contributed by atoms with Crippen LogP contribution in [0.25, 0.3) is 11.3 Å². The van der Waals surface area contributed by atoms with Gasteiger partial charge in [-0.25, -0.2) is 0 Å². The van der Waals surface area contributed by atoms with Crippen molar-refractivity contribution >= 4 is 5.69 Å². The molecule has 10 heteroatoms. The van der Waals surface area contributed by atoms with Gasteiger partial charge in [0.25, 0.3) is 0 Å². The number of benzene rings is 2. The van der Waals surface area contributed by atoms with Crippen molar-refractivity contribution < 1.29 is 34.6 Å². The Bertz CT molecular complexity index is 1190. The maximum atomic E-state index is 10.6. The first-order chi connectivity index (χ1) is 18.1. The predicted octanol–water partition coefficient (Wildman–Crippen LogP) is 1.98. The van der Waals surface area contributed by atoms with E-state index in [-0.39, 0.29) is 11.9 Å². The number of ether oxygens (including phenoxy) is 3. The molecule has 0 aliphatic carbocycles. The maximum absolute atomic E-state index is 10.6. The lowest BCUT2D eigenvalue weighted by molar-refractivity contribution is -0.278. The Balaban J connectivity index is 1.80. The summed E-state index contributed by atoms with van der Waals surface area (Å²) in [5.41, 5.74) is 4.58. The van der Waals surface area contributed by atoms with Gasteiger partial charge in [-0.2, -0.15) is 0 Å². The summed E-state index contributed by atoms with van der Waals surface area (Å²) in [6.07, 6.45) is -6.57. The van der Waals surface area contributed by atoms with E-state index in [9.17, 15) is 20.4 Å². The molecule has 1 saturated heterocycles. The molecule has 0 radical (unpaired) electrons. The van der Waals surface area contributed by atoms with Gasteiger partial charge in [0.2, 0.25) is 12.2 Å². The third-order valence-corrected chi connectivity index (χ3v) is 6.73. The van der Waals surface area contributed by atoms with Crippen LogP contribution in [-0.4, -0.2) is 88.7 Å². The average Bonchev–Trinajstić information content (AvgIpc) is 3.27. The molecule has 38 heavy (non-hydrogen) atoms. The maximum Gasteiger partial charge on any atom is 0.239 e. The third kappa shape index (κ3) is 5.64. The second-order valence-corrected chi connectivity index (χ2v) is 9.95. The Morgan fingerprint density at radius 3 is 2.18 bits per heavy atom. The normalized spacial score (nSPS) is 23.5. The molecule has 206 valence electrons. The molecule has 4 rings (SSSR count). The molecular weight excluding hydrogens is 490 g/mol. The monoisotopic (exact) mass is 527 g/mol. The molecule has 2 heterocycles. The molecule has 0 bridgehead atoms. The third-order valence-electron chi connectivity index (χ3n) is 6.73. The Morgan fingerprint density at radius 1 is 0.974 bits per heavy atom. The molecule has 0 saturated carbocycles. The highest BCUT2D eigenvalue weighted by Gasteiger charge is 2.45. The van der Waals surface area contributed by atoms with E-state index in [1.54, 1.807) is 7.11 Å². The minimum Gasteiger partial charge on any atom is -0.497 e. The fourth-order valence-electron chi connectivity index (χ4n) is 4.52. The first-order valence-corrected chi connectivity index (χ1v) is 12.6. The van der Waals surface area contributed by atoms with E-state index in [1.165, 1.54) is 0 Å². The summed E-state index contributed by atoms with van der Waals surface area (Å²) in [6.45, 7) is 3.48. The zero-order valence-corrected chi connectivity index (χ0v) is 22.4. The highest BCUT2D eigenvalue weighted by atomic mass is 16.7. The van der Waals surface area contributed by atoms with Gasteiger partial charge >= 0.3 is 0 Å². The van der Waals surface area contributed by atoms with Crippen LogP contribution in [0.15, 0.2) is 48.5 Å². The fourth-order valence-corrected chi connectivity index (χ4v) is 4.52. The number of hydrogen-bond acceptors (Lipinski definition) is 9. The molecule has 0 spiro atoms. The van der Waals surface area contributed by atoms with Crippen molar-refractivity contribution in [2.24, 2.45) is 0 Å². The van der Waals surface area contributed by atoms with Crippen LogP contribution >= 0.6 is 0 Å². The standard InChI is InChI=1S/C28H37N3O7/c1-16(2)31-23(18-8-10-19(11-9-18)30(3)4)21(14-17-6-12-20(36-5)13-7-17)27(29-31)38-28-26(35)25(34)24(33)22(15-32)37-28/h6-13,16,22,24-26,28,32-35H,14-15H2,1-5H3/t22-,24-,25+,26-,28+/m1/s1. The minimum atomic E-state index is -1.55. The Labute approximate surface area is 222 Å². The first kappa shape index (κ1) is 27.9. The second kappa shape index (κ2) is 11.7. The summed E-state index contributed by atoms with van der Waals surface area (Å²) >= 11 is 0. The molecule has 1 aliphatic heterocycles. The predicted molar refractivity (Wildman–Crippen MR) is 143 cm³/mol. The highest BCUT2D eigenvalue weighted by Crippen LogP contribution is 2.37. The van der Waals surface area contributed by atoms with Crippen molar-refractivity contribution in [3.8, 4) is 22.9 Å². The first-order valence-electron chi connectivity index (χ1n) is 12.6. The van der Waals surface area contributed by atoms with Crippen LogP contribution in [-0.2, 0) is 11.2 Å². The molecule has 10 nitrogen and oxygen atoms in total. The van der Waals surface area contributed by atoms with Crippen molar-refractivity contribution in [2.75, 3.05) is 32.7 Å². The van der Waals surface area contributed by atoms with E-state index in [0.29, 0.717) is 6.42 Å². The van der Waals surface area contributed by atoms with Crippen molar-refractivity contribution in [1.82, 2.24) is 9.78 Å². The van der Waals surface area contributed by atoms with Gasteiger partial charge in [-0.05, 0) is 43.7 Å². The fraction of sp³-hybridized carbons (Fsp3) is 0.464. The lowest BCUT2D eigenvalue weighted by Crippen LogP contribution is -2.60. The number of hydrogen-bond donors (Lipinski definition) is 4. The van der Waals surface area contributed by atoms with E-state index >= 15 is 0 Å². The molecule has 1 fully saturated rings. The van der Waals surface area contributed by atoms with Gasteiger partial charge in [-0.15, -0.1) is 5.10 Å². The molecule has 1 aromatic heterocycles. The summed E-state index contributed by atoms with van der Waals surface area (Å²) in [4.78, 5) is 2.02. The average molecular weight is 528 g/mol. The lowest BCUT2D eigenvalue weighted by Gasteiger charge is -2.39. The molecule has 5 atom stereocenters. The van der Waals surface area contributed by atoms with Crippen LogP contribution in [0.1, 0.15) is 31.0 Å². The van der Waals surface area contributed by atoms with Gasteiger partial charge in [0, 0.05) is 43.4 Å². The summed E-state index contributed by atoms with van der Waals surface area (Å²) in [5, 5.41) is 45.4. The van der Waals surface area contributed by atoms with Crippen LogP contribution in [0.4, 0.5) is 5.69 Å². The number of aliphatic hydroxyl groups excluding tert-OH is 4. The number of aromatic nitrogens is 2. The van der Waals surface area contributed by atoms with Crippen LogP contribution in [0.5, 0.6) is 11.6 Å². The van der Waals surface area contributed by atoms with Crippen molar-refractivity contribution in [2.45, 2.75) is 57.0 Å². The molecule has 0 unspecified atom stereocenters. The summed E-state index contributed by atoms with van der Waals surface area (Å²) in [7, 11) is 5.58. The van der Waals surface area contributed by atoms with Gasteiger partial charge < -0.3 is 39.5 Å². The zero-order chi connectivity index (χ0) is 27.6. The molecule has 4 N–H and O–H groups in total. The Kier molecular flexibility index (Phi) is 8.59. The second-order valence-electron chi connectivity index (χ2n) is 9.95. The smallest absolute Gasteiger partial charge is 0.239 e. The van der Waals surface area contributed by atoms with Gasteiger partial charge in [-0.1, -0.05) is 24.3 Å². The van der Waals surface area contributed by atoms with E-state index in [0.717, 1.165) is 33.8 Å². The number of anilines is 1. The minimum absolute atomic E-state index is 0.0275. The summed E-state index contributed by atoms with van der Waals surface area (Å²) in [5.74, 6) is 0.967. The van der Waals surface area contributed by atoms with Gasteiger partial charge in [0.1, 0.15) is 30.2 Å². The number of aliphatic hydroxyl groups is 4. The van der Waals surface area contributed by atoms with Crippen LogP contribution in [0.3, 0.4) is 0 Å². The van der Waals surface area contributed by atoms with Gasteiger partial charge in [-0.3, -0.25) is 4.68 Å². The number of nitrogens with zero attached hydrogens (tertiary/aromatic N) is 3.